The topological polar surface area (TPSA) is 98.1 Å². The Kier molecular flexibility index (Phi) is 8.42. The number of carbonyl (C=O) groups is 1. The number of sulfonamides is 1. The lowest BCUT2D eigenvalue weighted by Crippen LogP contribution is -2.40. The molecule has 5 rings (SSSR count). The molecule has 3 heterocycles. The maximum Gasteiger partial charge on any atom is 0.308 e. The number of benzene rings is 2. The molecule has 0 spiro atoms. The van der Waals surface area contributed by atoms with Crippen LogP contribution in [0.2, 0.25) is 0 Å². The average Bonchev–Trinajstić information content (AvgIpc) is 3.29. The van der Waals surface area contributed by atoms with Crippen LogP contribution in [-0.4, -0.2) is 66.9 Å². The molecule has 2 aromatic carbocycles. The van der Waals surface area contributed by atoms with E-state index in [0.717, 1.165) is 11.3 Å². The van der Waals surface area contributed by atoms with E-state index >= 15 is 0 Å². The molecule has 2 fully saturated rings. The van der Waals surface area contributed by atoms with Gasteiger partial charge in [-0.3, -0.25) is 4.79 Å². The molecule has 0 radical (unpaired) electrons. The fourth-order valence-corrected chi connectivity index (χ4v) is 7.54. The van der Waals surface area contributed by atoms with Gasteiger partial charge in [0.15, 0.2) is 0 Å². The molecule has 0 saturated carbocycles. The first-order valence-corrected chi connectivity index (χ1v) is 15.1. The highest BCUT2D eigenvalue weighted by atomic mass is 32.2. The summed E-state index contributed by atoms with van der Waals surface area (Å²) in [5.41, 5.74) is 3.23. The Morgan fingerprint density at radius 3 is 2.33 bits per heavy atom. The van der Waals surface area contributed by atoms with E-state index in [-0.39, 0.29) is 30.3 Å². The van der Waals surface area contributed by atoms with Gasteiger partial charge in [-0.1, -0.05) is 44.2 Å². The minimum absolute atomic E-state index is 0.0296. The zero-order valence-corrected chi connectivity index (χ0v) is 23.6. The van der Waals surface area contributed by atoms with Gasteiger partial charge in [0, 0.05) is 43.7 Å². The molecule has 1 N–H and O–H groups in total. The Hall–Kier alpha value is -3.05. The van der Waals surface area contributed by atoms with E-state index < -0.39 is 34.0 Å². The number of hydrogen-bond donors (Lipinski definition) is 1. The molecule has 2 aliphatic rings. The zero-order chi connectivity index (χ0) is 28.4. The number of aliphatic hydroxyl groups excluding tert-OH is 1. The summed E-state index contributed by atoms with van der Waals surface area (Å²) in [7, 11) is -4.01. The van der Waals surface area contributed by atoms with Crippen LogP contribution in [0.5, 0.6) is 0 Å². The van der Waals surface area contributed by atoms with Gasteiger partial charge in [0.1, 0.15) is 16.8 Å². The van der Waals surface area contributed by atoms with Crippen LogP contribution in [0.25, 0.3) is 22.4 Å². The Morgan fingerprint density at radius 2 is 1.70 bits per heavy atom. The summed E-state index contributed by atoms with van der Waals surface area (Å²) < 4.78 is 57.5. The summed E-state index contributed by atoms with van der Waals surface area (Å²) in [6.07, 6.45) is -0.594. The number of aliphatic hydroxyl groups is 1. The number of carbonyl (C=O) groups excluding carboxylic acids is 1. The smallest absolute Gasteiger partial charge is 0.308 e. The van der Waals surface area contributed by atoms with Gasteiger partial charge in [0.2, 0.25) is 10.0 Å². The van der Waals surface area contributed by atoms with Crippen LogP contribution in [-0.2, 0) is 30.8 Å². The Labute approximate surface area is 234 Å². The van der Waals surface area contributed by atoms with Crippen molar-refractivity contribution in [3.05, 3.63) is 66.1 Å². The highest BCUT2D eigenvalue weighted by molar-refractivity contribution is 7.89. The lowest BCUT2D eigenvalue weighted by atomic mass is 9.99. The SMILES string of the molecule is CC(C)c1c(-c2ccccc2)c(S(=O)(=O)N2CCOCC2)c(-c2ccc(F)cc2)n1CC[C@@H]1C[C@@H](O)CC(=O)O1. The molecule has 214 valence electrons. The zero-order valence-electron chi connectivity index (χ0n) is 22.8. The number of esters is 1. The monoisotopic (exact) mass is 570 g/mol. The molecule has 10 heteroatoms. The average molecular weight is 571 g/mol. The number of aromatic nitrogens is 1. The third-order valence-corrected chi connectivity index (χ3v) is 9.42. The molecule has 0 aliphatic carbocycles. The van der Waals surface area contributed by atoms with Gasteiger partial charge in [-0.05, 0) is 41.3 Å². The van der Waals surface area contributed by atoms with Crippen molar-refractivity contribution in [2.45, 2.75) is 62.7 Å². The van der Waals surface area contributed by atoms with Gasteiger partial charge in [-0.15, -0.1) is 0 Å². The number of hydrogen-bond acceptors (Lipinski definition) is 6. The normalized spacial score (nSPS) is 20.6. The maximum atomic E-state index is 14.5. The molecule has 0 unspecified atom stereocenters. The first-order valence-electron chi connectivity index (χ1n) is 13.7. The number of cyclic esters (lactones) is 1. The van der Waals surface area contributed by atoms with Gasteiger partial charge in [0.05, 0.1) is 31.4 Å². The van der Waals surface area contributed by atoms with E-state index in [1.807, 2.05) is 48.7 Å². The van der Waals surface area contributed by atoms with Crippen molar-refractivity contribution in [3.63, 3.8) is 0 Å². The van der Waals surface area contributed by atoms with Crippen LogP contribution in [0, 0.1) is 5.82 Å². The standard InChI is InChI=1S/C30H35FN2O6S/c1-20(2)28-27(21-6-4-3-5-7-21)30(40(36,37)32-14-16-38-17-15-32)29(22-8-10-23(31)11-9-22)33(28)13-12-25-18-24(34)19-26(35)39-25/h3-11,20,24-25,34H,12-19H2,1-2H3/t24-,25-/m1/s1. The number of morpholine rings is 1. The Balaban J connectivity index is 1.76. The first kappa shape index (κ1) is 28.5. The van der Waals surface area contributed by atoms with E-state index in [0.29, 0.717) is 49.4 Å². The summed E-state index contributed by atoms with van der Waals surface area (Å²) in [6.45, 7) is 5.45. The second-order valence-electron chi connectivity index (χ2n) is 10.6. The summed E-state index contributed by atoms with van der Waals surface area (Å²) in [4.78, 5) is 12.2. The van der Waals surface area contributed by atoms with E-state index in [1.54, 1.807) is 12.1 Å². The van der Waals surface area contributed by atoms with Crippen molar-refractivity contribution >= 4 is 16.0 Å². The Morgan fingerprint density at radius 1 is 1.02 bits per heavy atom. The van der Waals surface area contributed by atoms with E-state index in [9.17, 15) is 22.7 Å². The van der Waals surface area contributed by atoms with Crippen LogP contribution in [0.4, 0.5) is 4.39 Å². The predicted octanol–water partition coefficient (Wildman–Crippen LogP) is 4.56. The summed E-state index contributed by atoms with van der Waals surface area (Å²) in [5.74, 6) is -0.947. The van der Waals surface area contributed by atoms with E-state index in [2.05, 4.69) is 0 Å². The van der Waals surface area contributed by atoms with Crippen molar-refractivity contribution in [3.8, 4) is 22.4 Å². The van der Waals surface area contributed by atoms with Crippen LogP contribution >= 0.6 is 0 Å². The molecule has 1 aromatic heterocycles. The largest absolute Gasteiger partial charge is 0.462 e. The van der Waals surface area contributed by atoms with Gasteiger partial charge in [-0.2, -0.15) is 4.31 Å². The van der Waals surface area contributed by atoms with Crippen molar-refractivity contribution in [1.82, 2.24) is 8.87 Å². The van der Waals surface area contributed by atoms with Crippen LogP contribution in [0.3, 0.4) is 0 Å². The fraction of sp³-hybridized carbons (Fsp3) is 0.433. The van der Waals surface area contributed by atoms with Crippen LogP contribution in [0.1, 0.15) is 44.7 Å². The van der Waals surface area contributed by atoms with E-state index in [4.69, 9.17) is 9.47 Å². The number of halogens is 1. The second kappa shape index (κ2) is 11.8. The molecule has 2 saturated heterocycles. The fourth-order valence-electron chi connectivity index (χ4n) is 5.70. The van der Waals surface area contributed by atoms with Crippen LogP contribution < -0.4 is 0 Å². The van der Waals surface area contributed by atoms with Crippen molar-refractivity contribution in [2.75, 3.05) is 26.3 Å². The van der Waals surface area contributed by atoms with Crippen molar-refractivity contribution in [1.29, 1.82) is 0 Å². The van der Waals surface area contributed by atoms with Crippen molar-refractivity contribution in [2.24, 2.45) is 0 Å². The summed E-state index contributed by atoms with van der Waals surface area (Å²) >= 11 is 0. The molecular weight excluding hydrogens is 535 g/mol. The molecule has 8 nitrogen and oxygen atoms in total. The third-order valence-electron chi connectivity index (χ3n) is 7.46. The molecule has 0 amide bonds. The summed E-state index contributed by atoms with van der Waals surface area (Å²) in [6, 6.07) is 15.3. The van der Waals surface area contributed by atoms with E-state index in [1.165, 1.54) is 16.4 Å². The molecular formula is C30H35FN2O6S. The molecule has 3 aromatic rings. The quantitative estimate of drug-likeness (QED) is 0.399. The van der Waals surface area contributed by atoms with Gasteiger partial charge in [0.25, 0.3) is 0 Å². The molecule has 2 aliphatic heterocycles. The minimum Gasteiger partial charge on any atom is -0.462 e. The Bertz CT molecular complexity index is 1450. The van der Waals surface area contributed by atoms with Gasteiger partial charge < -0.3 is 19.1 Å². The van der Waals surface area contributed by atoms with Crippen molar-refractivity contribution < 1.29 is 32.2 Å². The highest BCUT2D eigenvalue weighted by Gasteiger charge is 2.38. The highest BCUT2D eigenvalue weighted by Crippen LogP contribution is 2.45. The lowest BCUT2D eigenvalue weighted by molar-refractivity contribution is -0.160. The van der Waals surface area contributed by atoms with Gasteiger partial charge >= 0.3 is 5.97 Å². The number of rotatable bonds is 8. The molecule has 40 heavy (non-hydrogen) atoms. The number of nitrogens with zero attached hydrogens (tertiary/aromatic N) is 2. The summed E-state index contributed by atoms with van der Waals surface area (Å²) in [5, 5.41) is 10.2. The molecule has 2 atom stereocenters. The lowest BCUT2D eigenvalue weighted by Gasteiger charge is -2.27. The minimum atomic E-state index is -4.01. The first-order chi connectivity index (χ1) is 19.2. The van der Waals surface area contributed by atoms with Crippen LogP contribution in [0.15, 0.2) is 59.5 Å². The second-order valence-corrected chi connectivity index (χ2v) is 12.5. The molecule has 0 bridgehead atoms. The number of ether oxygens (including phenoxy) is 2. The maximum absolute atomic E-state index is 14.5. The van der Waals surface area contributed by atoms with Gasteiger partial charge in [-0.25, -0.2) is 12.8 Å². The predicted molar refractivity (Wildman–Crippen MR) is 149 cm³/mol. The third kappa shape index (κ3) is 5.72.